The zero-order valence-corrected chi connectivity index (χ0v) is 13.0. The van der Waals surface area contributed by atoms with Gasteiger partial charge in [0.2, 0.25) is 0 Å². The molecular weight excluding hydrogens is 266 g/mol. The van der Waals surface area contributed by atoms with Gasteiger partial charge in [-0.3, -0.25) is 4.79 Å². The molecule has 6 nitrogen and oxygen atoms in total. The molecule has 114 valence electrons. The van der Waals surface area contributed by atoms with Crippen LogP contribution in [-0.4, -0.2) is 84.8 Å². The Labute approximate surface area is 115 Å². The van der Waals surface area contributed by atoms with E-state index in [0.29, 0.717) is 12.5 Å². The second-order valence-electron chi connectivity index (χ2n) is 5.96. The van der Waals surface area contributed by atoms with Crippen LogP contribution in [0.5, 0.6) is 0 Å². The number of aliphatic hydroxyl groups is 3. The zero-order chi connectivity index (χ0) is 14.9. The monoisotopic (exact) mass is 294 g/mol. The summed E-state index contributed by atoms with van der Waals surface area (Å²) in [5, 5.41) is 36.4. The predicted octanol–water partition coefficient (Wildman–Crippen LogP) is -0.639. The SMILES string of the molecule is C[N+](C)(CCCC(=O)O)CCC[Si](CO)(CO)CO. The molecular formula is C12H28NO5Si+. The number of quaternary nitrogens is 1. The van der Waals surface area contributed by atoms with Gasteiger partial charge >= 0.3 is 5.97 Å². The van der Waals surface area contributed by atoms with Crippen molar-refractivity contribution in [2.24, 2.45) is 0 Å². The highest BCUT2D eigenvalue weighted by Gasteiger charge is 2.31. The van der Waals surface area contributed by atoms with Crippen LogP contribution in [0.4, 0.5) is 0 Å². The van der Waals surface area contributed by atoms with E-state index in [1.165, 1.54) is 0 Å². The van der Waals surface area contributed by atoms with Gasteiger partial charge in [-0.15, -0.1) is 0 Å². The molecule has 0 saturated heterocycles. The number of aliphatic carboxylic acids is 1. The molecule has 0 aliphatic carbocycles. The highest BCUT2D eigenvalue weighted by Crippen LogP contribution is 2.13. The number of hydrogen-bond acceptors (Lipinski definition) is 4. The average molecular weight is 294 g/mol. The Hall–Kier alpha value is -0.473. The molecule has 0 aromatic heterocycles. The summed E-state index contributed by atoms with van der Waals surface area (Å²) in [6.07, 6.45) is 1.38. The van der Waals surface area contributed by atoms with Crippen molar-refractivity contribution in [2.75, 3.05) is 45.9 Å². The molecule has 0 rings (SSSR count). The van der Waals surface area contributed by atoms with Gasteiger partial charge in [0.25, 0.3) is 0 Å². The number of carboxylic acids is 1. The molecule has 19 heavy (non-hydrogen) atoms. The Balaban J connectivity index is 4.05. The summed E-state index contributed by atoms with van der Waals surface area (Å²) in [7, 11) is 1.78. The van der Waals surface area contributed by atoms with Crippen LogP contribution < -0.4 is 0 Å². The maximum Gasteiger partial charge on any atom is 0.303 e. The molecule has 0 aromatic rings. The molecule has 0 aromatic carbocycles. The van der Waals surface area contributed by atoms with E-state index in [4.69, 9.17) is 5.11 Å². The fourth-order valence-corrected chi connectivity index (χ4v) is 3.72. The first-order valence-corrected chi connectivity index (χ1v) is 9.50. The van der Waals surface area contributed by atoms with Crippen LogP contribution >= 0.6 is 0 Å². The van der Waals surface area contributed by atoms with E-state index in [-0.39, 0.29) is 25.1 Å². The van der Waals surface area contributed by atoms with Gasteiger partial charge < -0.3 is 24.9 Å². The fourth-order valence-electron chi connectivity index (χ4n) is 2.04. The van der Waals surface area contributed by atoms with Crippen LogP contribution in [0.15, 0.2) is 0 Å². The lowest BCUT2D eigenvalue weighted by Gasteiger charge is -2.31. The third-order valence-corrected chi connectivity index (χ3v) is 7.06. The van der Waals surface area contributed by atoms with Gasteiger partial charge in [-0.05, 0) is 12.5 Å². The number of carbonyl (C=O) groups is 1. The Bertz CT molecular complexity index is 261. The molecule has 0 atom stereocenters. The summed E-state index contributed by atoms with van der Waals surface area (Å²) in [5.74, 6) is -0.771. The van der Waals surface area contributed by atoms with E-state index in [1.807, 2.05) is 14.1 Å². The third-order valence-electron chi connectivity index (χ3n) is 3.63. The molecule has 0 heterocycles. The van der Waals surface area contributed by atoms with Crippen molar-refractivity contribution in [1.29, 1.82) is 0 Å². The molecule has 0 bridgehead atoms. The van der Waals surface area contributed by atoms with Crippen LogP contribution in [0.2, 0.25) is 6.04 Å². The predicted molar refractivity (Wildman–Crippen MR) is 75.1 cm³/mol. The fraction of sp³-hybridized carbons (Fsp3) is 0.917. The molecule has 0 radical (unpaired) electrons. The summed E-state index contributed by atoms with van der Waals surface area (Å²) in [5.41, 5.74) is 0. The van der Waals surface area contributed by atoms with Crippen molar-refractivity contribution >= 4 is 14.0 Å². The van der Waals surface area contributed by atoms with Crippen LogP contribution in [0, 0.1) is 0 Å². The third kappa shape index (κ3) is 7.63. The second kappa shape index (κ2) is 8.65. The normalized spacial score (nSPS) is 12.7. The van der Waals surface area contributed by atoms with Gasteiger partial charge in [0.15, 0.2) is 0 Å². The first-order valence-electron chi connectivity index (χ1n) is 6.67. The first-order chi connectivity index (χ1) is 8.81. The van der Waals surface area contributed by atoms with Gasteiger partial charge in [0.05, 0.1) is 33.6 Å². The van der Waals surface area contributed by atoms with Gasteiger partial charge in [-0.1, -0.05) is 0 Å². The van der Waals surface area contributed by atoms with Gasteiger partial charge in [0.1, 0.15) is 8.07 Å². The second-order valence-corrected chi connectivity index (χ2v) is 10.4. The van der Waals surface area contributed by atoms with E-state index < -0.39 is 14.0 Å². The van der Waals surface area contributed by atoms with E-state index >= 15 is 0 Å². The Morgan fingerprint density at radius 3 is 1.89 bits per heavy atom. The summed E-state index contributed by atoms with van der Waals surface area (Å²) >= 11 is 0. The maximum absolute atomic E-state index is 10.5. The maximum atomic E-state index is 10.5. The minimum absolute atomic E-state index is 0.0908. The minimum Gasteiger partial charge on any atom is -0.481 e. The van der Waals surface area contributed by atoms with Crippen LogP contribution in [0.25, 0.3) is 0 Å². The summed E-state index contributed by atoms with van der Waals surface area (Å²) < 4.78 is 0.722. The molecule has 0 fully saturated rings. The van der Waals surface area contributed by atoms with Crippen molar-refractivity contribution in [3.05, 3.63) is 0 Å². The molecule has 0 amide bonds. The first kappa shape index (κ1) is 18.5. The molecule has 0 aliphatic rings. The Morgan fingerprint density at radius 1 is 1.00 bits per heavy atom. The van der Waals surface area contributed by atoms with Crippen molar-refractivity contribution in [3.8, 4) is 0 Å². The largest absolute Gasteiger partial charge is 0.481 e. The lowest BCUT2D eigenvalue weighted by Crippen LogP contribution is -2.49. The highest BCUT2D eigenvalue weighted by atomic mass is 28.3. The molecule has 0 spiro atoms. The molecule has 0 saturated carbocycles. The minimum atomic E-state index is -2.30. The van der Waals surface area contributed by atoms with Crippen LogP contribution in [0.1, 0.15) is 19.3 Å². The van der Waals surface area contributed by atoms with Crippen LogP contribution in [-0.2, 0) is 4.79 Å². The number of rotatable bonds is 11. The molecule has 4 N–H and O–H groups in total. The van der Waals surface area contributed by atoms with Crippen molar-refractivity contribution < 1.29 is 29.7 Å². The van der Waals surface area contributed by atoms with Crippen molar-refractivity contribution in [3.63, 3.8) is 0 Å². The van der Waals surface area contributed by atoms with E-state index in [2.05, 4.69) is 0 Å². The number of nitrogens with zero attached hydrogens (tertiary/aromatic N) is 1. The standard InChI is InChI=1S/C12H27NO5Si/c1-13(2,6-3-5-12(17)18)7-4-8-19(9-14,10-15)11-16/h14-16H,3-11H2,1-2H3/p+1. The quantitative estimate of drug-likeness (QED) is 0.300. The molecule has 0 unspecified atom stereocenters. The summed E-state index contributed by atoms with van der Waals surface area (Å²) in [6.45, 7) is 1.65. The smallest absolute Gasteiger partial charge is 0.303 e. The summed E-state index contributed by atoms with van der Waals surface area (Å²) in [6, 6.07) is 0.692. The molecule has 0 aliphatic heterocycles. The van der Waals surface area contributed by atoms with Gasteiger partial charge in [-0.25, -0.2) is 0 Å². The zero-order valence-electron chi connectivity index (χ0n) is 12.0. The average Bonchev–Trinajstić information content (AvgIpc) is 2.34. The number of aliphatic hydroxyl groups excluding tert-OH is 3. The number of hydrogen-bond donors (Lipinski definition) is 4. The van der Waals surface area contributed by atoms with Crippen LogP contribution in [0.3, 0.4) is 0 Å². The van der Waals surface area contributed by atoms with Crippen molar-refractivity contribution in [2.45, 2.75) is 25.3 Å². The molecule has 7 heteroatoms. The summed E-state index contributed by atoms with van der Waals surface area (Å²) in [4.78, 5) is 10.5. The lowest BCUT2D eigenvalue weighted by molar-refractivity contribution is -0.890. The van der Waals surface area contributed by atoms with Gasteiger partial charge in [0, 0.05) is 25.1 Å². The van der Waals surface area contributed by atoms with Crippen molar-refractivity contribution in [1.82, 2.24) is 0 Å². The topological polar surface area (TPSA) is 98.0 Å². The van der Waals surface area contributed by atoms with E-state index in [9.17, 15) is 20.1 Å². The Morgan fingerprint density at radius 2 is 1.47 bits per heavy atom. The number of carboxylic acid groups (broad SMARTS) is 1. The van der Waals surface area contributed by atoms with Gasteiger partial charge in [-0.2, -0.15) is 0 Å². The lowest BCUT2D eigenvalue weighted by atomic mass is 10.2. The van der Waals surface area contributed by atoms with E-state index in [1.54, 1.807) is 0 Å². The van der Waals surface area contributed by atoms with E-state index in [0.717, 1.165) is 24.0 Å². The highest BCUT2D eigenvalue weighted by molar-refractivity contribution is 6.79. The Kier molecular flexibility index (Phi) is 8.43.